The smallest absolute Gasteiger partial charge is 0.247 e. The summed E-state index contributed by atoms with van der Waals surface area (Å²) in [5, 5.41) is 8.74. The molecule has 1 heterocycles. The van der Waals surface area contributed by atoms with E-state index < -0.39 is 10.0 Å². The summed E-state index contributed by atoms with van der Waals surface area (Å²) in [6.07, 6.45) is 1.31. The van der Waals surface area contributed by atoms with Crippen LogP contribution in [0.25, 0.3) is 0 Å². The zero-order chi connectivity index (χ0) is 14.8. The molecule has 1 aromatic carbocycles. The van der Waals surface area contributed by atoms with Crippen LogP contribution in [-0.4, -0.2) is 18.4 Å². The molecule has 0 aliphatic carbocycles. The predicted octanol–water partition coefficient (Wildman–Crippen LogP) is 2.46. The van der Waals surface area contributed by atoms with Gasteiger partial charge < -0.3 is 0 Å². The van der Waals surface area contributed by atoms with Crippen molar-refractivity contribution in [3.05, 3.63) is 46.2 Å². The average Bonchev–Trinajstić information content (AvgIpc) is 2.37. The second-order valence-electron chi connectivity index (χ2n) is 3.57. The molecule has 0 saturated carbocycles. The maximum absolute atomic E-state index is 12.1. The number of sulfonamides is 1. The van der Waals surface area contributed by atoms with Gasteiger partial charge in [-0.2, -0.15) is 5.26 Å². The van der Waals surface area contributed by atoms with Gasteiger partial charge in [0.15, 0.2) is 0 Å². The Morgan fingerprint density at radius 3 is 2.60 bits per heavy atom. The third-order valence-electron chi connectivity index (χ3n) is 2.20. The number of hydrogen-bond acceptors (Lipinski definition) is 5. The summed E-state index contributed by atoms with van der Waals surface area (Å²) < 4.78 is 26.4. The van der Waals surface area contributed by atoms with Gasteiger partial charge in [0.05, 0.1) is 16.7 Å². The molecule has 102 valence electrons. The highest BCUT2D eigenvalue weighted by Crippen LogP contribution is 2.24. The molecule has 0 spiro atoms. The summed E-state index contributed by atoms with van der Waals surface area (Å²) in [6.45, 7) is 0. The third kappa shape index (κ3) is 3.17. The first-order valence-corrected chi connectivity index (χ1v) is 7.37. The standard InChI is InChI=1S/C11H6Cl2N4O2S/c12-8-5-7(6-14)1-2-9(8)20(18,19)17-11-15-4-3-10(13)16-11/h1-5H,(H,15,16,17). The average molecular weight is 329 g/mol. The van der Waals surface area contributed by atoms with Gasteiger partial charge in [0.1, 0.15) is 10.0 Å². The van der Waals surface area contributed by atoms with Crippen LogP contribution in [0.2, 0.25) is 10.2 Å². The molecule has 0 aliphatic rings. The Labute approximate surface area is 125 Å². The molecule has 0 fully saturated rings. The normalized spacial score (nSPS) is 10.8. The Morgan fingerprint density at radius 1 is 1.25 bits per heavy atom. The Balaban J connectivity index is 2.39. The van der Waals surface area contributed by atoms with Crippen molar-refractivity contribution in [1.29, 1.82) is 5.26 Å². The molecule has 9 heteroatoms. The molecule has 2 aromatic rings. The first kappa shape index (κ1) is 14.5. The first-order valence-electron chi connectivity index (χ1n) is 5.13. The summed E-state index contributed by atoms with van der Waals surface area (Å²) >= 11 is 11.5. The van der Waals surface area contributed by atoms with Crippen molar-refractivity contribution in [2.24, 2.45) is 0 Å². The Morgan fingerprint density at radius 2 is 2.00 bits per heavy atom. The van der Waals surface area contributed by atoms with Crippen molar-refractivity contribution in [1.82, 2.24) is 9.97 Å². The molecule has 0 unspecified atom stereocenters. The van der Waals surface area contributed by atoms with Crippen LogP contribution >= 0.6 is 23.2 Å². The molecular weight excluding hydrogens is 323 g/mol. The lowest BCUT2D eigenvalue weighted by Gasteiger charge is -2.08. The van der Waals surface area contributed by atoms with E-state index in [0.29, 0.717) is 0 Å². The highest BCUT2D eigenvalue weighted by atomic mass is 35.5. The molecule has 0 amide bonds. The maximum atomic E-state index is 12.1. The minimum absolute atomic E-state index is 0.0708. The number of nitrogens with one attached hydrogen (secondary N) is 1. The van der Waals surface area contributed by atoms with Gasteiger partial charge in [-0.3, -0.25) is 0 Å². The van der Waals surface area contributed by atoms with Gasteiger partial charge >= 0.3 is 0 Å². The highest BCUT2D eigenvalue weighted by molar-refractivity contribution is 7.92. The topological polar surface area (TPSA) is 95.7 Å². The van der Waals surface area contributed by atoms with E-state index in [1.54, 1.807) is 0 Å². The number of nitrogens with zero attached hydrogens (tertiary/aromatic N) is 3. The Hall–Kier alpha value is -1.88. The number of rotatable bonds is 3. The fourth-order valence-corrected chi connectivity index (χ4v) is 2.98. The second kappa shape index (κ2) is 5.63. The number of hydrogen-bond donors (Lipinski definition) is 1. The van der Waals surface area contributed by atoms with Gasteiger partial charge in [-0.25, -0.2) is 23.1 Å². The number of anilines is 1. The molecular formula is C11H6Cl2N4O2S. The van der Waals surface area contributed by atoms with Gasteiger partial charge in [0, 0.05) is 6.20 Å². The number of aromatic nitrogens is 2. The van der Waals surface area contributed by atoms with E-state index in [2.05, 4.69) is 14.7 Å². The molecule has 6 nitrogen and oxygen atoms in total. The van der Waals surface area contributed by atoms with Crippen LogP contribution in [0.1, 0.15) is 5.56 Å². The molecule has 0 aliphatic heterocycles. The number of halogens is 2. The Kier molecular flexibility index (Phi) is 4.09. The van der Waals surface area contributed by atoms with Gasteiger partial charge in [-0.05, 0) is 24.3 Å². The van der Waals surface area contributed by atoms with E-state index in [1.165, 1.54) is 30.5 Å². The molecule has 0 atom stereocenters. The van der Waals surface area contributed by atoms with E-state index in [1.807, 2.05) is 6.07 Å². The third-order valence-corrected chi connectivity index (χ3v) is 4.22. The molecule has 0 radical (unpaired) electrons. The number of nitriles is 1. The zero-order valence-corrected chi connectivity index (χ0v) is 12.0. The number of benzene rings is 1. The van der Waals surface area contributed by atoms with Crippen LogP contribution in [-0.2, 0) is 10.0 Å². The van der Waals surface area contributed by atoms with Crippen molar-refractivity contribution in [2.75, 3.05) is 4.72 Å². The van der Waals surface area contributed by atoms with E-state index >= 15 is 0 Å². The fourth-order valence-electron chi connectivity index (χ4n) is 1.35. The van der Waals surface area contributed by atoms with Gasteiger partial charge in [0.2, 0.25) is 5.95 Å². The van der Waals surface area contributed by atoms with Crippen LogP contribution in [0, 0.1) is 11.3 Å². The lowest BCUT2D eigenvalue weighted by atomic mass is 10.2. The van der Waals surface area contributed by atoms with Crippen molar-refractivity contribution in [3.8, 4) is 6.07 Å². The van der Waals surface area contributed by atoms with E-state index in [9.17, 15) is 8.42 Å². The maximum Gasteiger partial charge on any atom is 0.265 e. The molecule has 1 aromatic heterocycles. The van der Waals surface area contributed by atoms with Crippen molar-refractivity contribution in [3.63, 3.8) is 0 Å². The predicted molar refractivity (Wildman–Crippen MR) is 74.0 cm³/mol. The monoisotopic (exact) mass is 328 g/mol. The molecule has 20 heavy (non-hydrogen) atoms. The van der Waals surface area contributed by atoms with Crippen molar-refractivity contribution >= 4 is 39.2 Å². The Bertz CT molecular complexity index is 802. The van der Waals surface area contributed by atoms with Crippen LogP contribution in [0.15, 0.2) is 35.4 Å². The van der Waals surface area contributed by atoms with Crippen LogP contribution < -0.4 is 4.72 Å². The summed E-state index contributed by atoms with van der Waals surface area (Å²) in [7, 11) is -3.96. The minimum atomic E-state index is -3.96. The van der Waals surface area contributed by atoms with Crippen molar-refractivity contribution < 1.29 is 8.42 Å². The summed E-state index contributed by atoms with van der Waals surface area (Å²) in [6, 6.07) is 7.11. The quantitative estimate of drug-likeness (QED) is 0.873. The lowest BCUT2D eigenvalue weighted by Crippen LogP contribution is -2.15. The van der Waals surface area contributed by atoms with Crippen LogP contribution in [0.3, 0.4) is 0 Å². The lowest BCUT2D eigenvalue weighted by molar-refractivity contribution is 0.601. The van der Waals surface area contributed by atoms with E-state index in [-0.39, 0.29) is 26.6 Å². The van der Waals surface area contributed by atoms with Crippen LogP contribution in [0.5, 0.6) is 0 Å². The molecule has 2 rings (SSSR count). The van der Waals surface area contributed by atoms with E-state index in [0.717, 1.165) is 0 Å². The van der Waals surface area contributed by atoms with Gasteiger partial charge in [0.25, 0.3) is 10.0 Å². The largest absolute Gasteiger partial charge is 0.265 e. The summed E-state index contributed by atoms with van der Waals surface area (Å²) in [5.41, 5.74) is 0.257. The van der Waals surface area contributed by atoms with Crippen molar-refractivity contribution in [2.45, 2.75) is 4.90 Å². The highest BCUT2D eigenvalue weighted by Gasteiger charge is 2.19. The molecule has 1 N–H and O–H groups in total. The minimum Gasteiger partial charge on any atom is -0.247 e. The first-order chi connectivity index (χ1) is 9.42. The second-order valence-corrected chi connectivity index (χ2v) is 6.01. The van der Waals surface area contributed by atoms with Crippen LogP contribution in [0.4, 0.5) is 5.95 Å². The van der Waals surface area contributed by atoms with Gasteiger partial charge in [-0.15, -0.1) is 0 Å². The summed E-state index contributed by atoms with van der Waals surface area (Å²) in [5.74, 6) is -0.169. The molecule has 0 bridgehead atoms. The van der Waals surface area contributed by atoms with E-state index in [4.69, 9.17) is 28.5 Å². The summed E-state index contributed by atoms with van der Waals surface area (Å²) in [4.78, 5) is 7.27. The molecule has 0 saturated heterocycles. The SMILES string of the molecule is N#Cc1ccc(S(=O)(=O)Nc2nccc(Cl)n2)c(Cl)c1. The zero-order valence-electron chi connectivity index (χ0n) is 9.71. The van der Waals surface area contributed by atoms with Gasteiger partial charge in [-0.1, -0.05) is 23.2 Å². The fraction of sp³-hybridized carbons (Fsp3) is 0.